The Kier molecular flexibility index (Phi) is 7.72. The predicted octanol–water partition coefficient (Wildman–Crippen LogP) is 3.95. The standard InChI is InChI=1S/C26H20F3N5O3S/c27-16-5-1-14(2-6-16)13-32-25(36)22(15-3-7-17(28)8-4-15)34(19-11-9-18(29)10-12-19)26(37)23-20(30)21(24(31)35)33-38-23/h1-12,22H,13,30H2,(H2,31,35)(H,32,36)/t22-/m0/s1. The van der Waals surface area contributed by atoms with Crippen molar-refractivity contribution in [3.05, 3.63) is 112 Å². The van der Waals surface area contributed by atoms with Crippen LogP contribution in [0.3, 0.4) is 0 Å². The van der Waals surface area contributed by atoms with Crippen LogP contribution in [-0.2, 0) is 11.3 Å². The fourth-order valence-corrected chi connectivity index (χ4v) is 4.42. The van der Waals surface area contributed by atoms with Gasteiger partial charge in [0.2, 0.25) is 5.91 Å². The molecule has 0 bridgehead atoms. The lowest BCUT2D eigenvalue weighted by Crippen LogP contribution is -2.44. The quantitative estimate of drug-likeness (QED) is 0.312. The van der Waals surface area contributed by atoms with Gasteiger partial charge in [-0.25, -0.2) is 13.2 Å². The molecular formula is C26H20F3N5O3S. The molecule has 0 spiro atoms. The number of aromatic nitrogens is 1. The Morgan fingerprint density at radius 1 is 0.868 bits per heavy atom. The first-order valence-corrected chi connectivity index (χ1v) is 11.8. The highest BCUT2D eigenvalue weighted by molar-refractivity contribution is 7.09. The van der Waals surface area contributed by atoms with Crippen LogP contribution in [0.2, 0.25) is 0 Å². The van der Waals surface area contributed by atoms with Crippen LogP contribution >= 0.6 is 11.5 Å². The summed E-state index contributed by atoms with van der Waals surface area (Å²) in [5, 5.41) is 2.70. The third-order valence-corrected chi connectivity index (χ3v) is 6.40. The van der Waals surface area contributed by atoms with Crippen molar-refractivity contribution in [2.45, 2.75) is 12.6 Å². The van der Waals surface area contributed by atoms with Gasteiger partial charge in [-0.3, -0.25) is 19.3 Å². The van der Waals surface area contributed by atoms with E-state index < -0.39 is 41.2 Å². The number of nitrogens with zero attached hydrogens (tertiary/aromatic N) is 2. The summed E-state index contributed by atoms with van der Waals surface area (Å²) < 4.78 is 44.7. The molecular weight excluding hydrogens is 519 g/mol. The molecule has 0 radical (unpaired) electrons. The van der Waals surface area contributed by atoms with Gasteiger partial charge >= 0.3 is 0 Å². The van der Waals surface area contributed by atoms with Crippen LogP contribution in [0, 0.1) is 17.5 Å². The Labute approximate surface area is 218 Å². The van der Waals surface area contributed by atoms with Crippen molar-refractivity contribution < 1.29 is 27.6 Å². The van der Waals surface area contributed by atoms with Crippen molar-refractivity contribution in [3.8, 4) is 0 Å². The van der Waals surface area contributed by atoms with Crippen LogP contribution in [0.5, 0.6) is 0 Å². The molecule has 194 valence electrons. The average Bonchev–Trinajstić information content (AvgIpc) is 3.29. The molecule has 0 aliphatic rings. The number of nitrogen functional groups attached to an aromatic ring is 1. The number of benzene rings is 3. The molecule has 3 amide bonds. The molecule has 0 fully saturated rings. The maximum absolute atomic E-state index is 13.9. The summed E-state index contributed by atoms with van der Waals surface area (Å²) in [4.78, 5) is 40.0. The molecule has 0 aliphatic heterocycles. The van der Waals surface area contributed by atoms with Gasteiger partial charge in [0, 0.05) is 12.2 Å². The first-order chi connectivity index (χ1) is 18.2. The predicted molar refractivity (Wildman–Crippen MR) is 136 cm³/mol. The molecule has 12 heteroatoms. The fraction of sp³-hybridized carbons (Fsp3) is 0.0769. The molecule has 4 aromatic rings. The molecule has 0 unspecified atom stereocenters. The minimum absolute atomic E-state index is 0.0171. The summed E-state index contributed by atoms with van der Waals surface area (Å²) in [7, 11) is 0. The van der Waals surface area contributed by atoms with Gasteiger partial charge in [0.25, 0.3) is 11.8 Å². The third kappa shape index (κ3) is 5.65. The zero-order valence-electron chi connectivity index (χ0n) is 19.5. The zero-order chi connectivity index (χ0) is 27.4. The van der Waals surface area contributed by atoms with E-state index in [1.165, 1.54) is 48.5 Å². The number of primary amides is 1. The molecule has 3 aromatic carbocycles. The second kappa shape index (κ2) is 11.1. The van der Waals surface area contributed by atoms with Crippen molar-refractivity contribution in [1.82, 2.24) is 9.69 Å². The molecule has 1 heterocycles. The highest BCUT2D eigenvalue weighted by Crippen LogP contribution is 2.33. The zero-order valence-corrected chi connectivity index (χ0v) is 20.3. The number of anilines is 2. The van der Waals surface area contributed by atoms with Crippen molar-refractivity contribution in [2.75, 3.05) is 10.6 Å². The lowest BCUT2D eigenvalue weighted by atomic mass is 10.0. The fourth-order valence-electron chi connectivity index (χ4n) is 3.67. The van der Waals surface area contributed by atoms with Crippen molar-refractivity contribution in [2.24, 2.45) is 5.73 Å². The number of amides is 3. The van der Waals surface area contributed by atoms with Gasteiger partial charge in [-0.05, 0) is 71.2 Å². The number of carbonyl (C=O) groups is 3. The average molecular weight is 540 g/mol. The van der Waals surface area contributed by atoms with Crippen molar-refractivity contribution in [3.63, 3.8) is 0 Å². The molecule has 5 N–H and O–H groups in total. The third-order valence-electron chi connectivity index (χ3n) is 5.55. The van der Waals surface area contributed by atoms with Crippen molar-refractivity contribution >= 4 is 40.6 Å². The van der Waals surface area contributed by atoms with Gasteiger partial charge in [-0.2, -0.15) is 4.37 Å². The maximum Gasteiger partial charge on any atom is 0.273 e. The van der Waals surface area contributed by atoms with Gasteiger partial charge in [0.05, 0.1) is 5.69 Å². The summed E-state index contributed by atoms with van der Waals surface area (Å²) in [6.45, 7) is -0.0171. The van der Waals surface area contributed by atoms with Crippen LogP contribution < -0.4 is 21.7 Å². The Bertz CT molecular complexity index is 1480. The van der Waals surface area contributed by atoms with Gasteiger partial charge in [-0.1, -0.05) is 24.3 Å². The van der Waals surface area contributed by atoms with Crippen LogP contribution in [0.4, 0.5) is 24.5 Å². The topological polar surface area (TPSA) is 131 Å². The number of nitrogens with one attached hydrogen (secondary N) is 1. The van der Waals surface area contributed by atoms with Crippen LogP contribution in [0.15, 0.2) is 72.8 Å². The van der Waals surface area contributed by atoms with Crippen LogP contribution in [-0.4, -0.2) is 22.1 Å². The molecule has 4 rings (SSSR count). The summed E-state index contributed by atoms with van der Waals surface area (Å²) in [6, 6.07) is 13.7. The molecule has 0 saturated heterocycles. The van der Waals surface area contributed by atoms with Gasteiger partial charge < -0.3 is 16.8 Å². The van der Waals surface area contributed by atoms with Crippen LogP contribution in [0.1, 0.15) is 37.3 Å². The van der Waals surface area contributed by atoms with E-state index in [0.717, 1.165) is 29.2 Å². The number of carbonyl (C=O) groups excluding carboxylic acids is 3. The number of rotatable bonds is 8. The minimum atomic E-state index is -1.40. The van der Waals surface area contributed by atoms with E-state index in [2.05, 4.69) is 9.69 Å². The molecule has 1 atom stereocenters. The monoisotopic (exact) mass is 539 g/mol. The maximum atomic E-state index is 13.9. The summed E-state index contributed by atoms with van der Waals surface area (Å²) in [5.74, 6) is -4.07. The van der Waals surface area contributed by atoms with E-state index in [1.54, 1.807) is 0 Å². The molecule has 8 nitrogen and oxygen atoms in total. The molecule has 1 aromatic heterocycles. The Morgan fingerprint density at radius 3 is 1.92 bits per heavy atom. The first-order valence-electron chi connectivity index (χ1n) is 11.1. The Hall–Kier alpha value is -4.71. The molecule has 38 heavy (non-hydrogen) atoms. The van der Waals surface area contributed by atoms with Gasteiger partial charge in [0.15, 0.2) is 5.69 Å². The summed E-state index contributed by atoms with van der Waals surface area (Å²) >= 11 is 0.609. The summed E-state index contributed by atoms with van der Waals surface area (Å²) in [5.41, 5.74) is 11.6. The Balaban J connectivity index is 1.80. The lowest BCUT2D eigenvalue weighted by molar-refractivity contribution is -0.122. The SMILES string of the molecule is NC(=O)c1nsc(C(=O)N(c2ccc(F)cc2)[C@H](C(=O)NCc2ccc(F)cc2)c2ccc(F)cc2)c1N. The van der Waals surface area contributed by atoms with E-state index in [4.69, 9.17) is 11.5 Å². The molecule has 0 aliphatic carbocycles. The van der Waals surface area contributed by atoms with Gasteiger partial charge in [0.1, 0.15) is 28.4 Å². The molecule has 0 saturated carbocycles. The second-order valence-electron chi connectivity index (χ2n) is 8.09. The number of halogens is 3. The highest BCUT2D eigenvalue weighted by atomic mass is 32.1. The smallest absolute Gasteiger partial charge is 0.273 e. The Morgan fingerprint density at radius 2 is 1.39 bits per heavy atom. The normalized spacial score (nSPS) is 11.6. The van der Waals surface area contributed by atoms with E-state index in [-0.39, 0.29) is 34.1 Å². The number of hydrogen-bond acceptors (Lipinski definition) is 6. The van der Waals surface area contributed by atoms with Gasteiger partial charge in [-0.15, -0.1) is 0 Å². The van der Waals surface area contributed by atoms with E-state index >= 15 is 0 Å². The first kappa shape index (κ1) is 26.4. The van der Waals surface area contributed by atoms with E-state index in [1.807, 2.05) is 0 Å². The minimum Gasteiger partial charge on any atom is -0.395 e. The largest absolute Gasteiger partial charge is 0.395 e. The van der Waals surface area contributed by atoms with E-state index in [0.29, 0.717) is 17.1 Å². The number of hydrogen-bond donors (Lipinski definition) is 3. The summed E-state index contributed by atoms with van der Waals surface area (Å²) in [6.07, 6.45) is 0. The highest BCUT2D eigenvalue weighted by Gasteiger charge is 2.36. The second-order valence-corrected chi connectivity index (χ2v) is 8.86. The number of nitrogens with two attached hydrogens (primary N) is 2. The van der Waals surface area contributed by atoms with Crippen molar-refractivity contribution in [1.29, 1.82) is 0 Å². The lowest BCUT2D eigenvalue weighted by Gasteiger charge is -2.31. The van der Waals surface area contributed by atoms with E-state index in [9.17, 15) is 27.6 Å². The van der Waals surface area contributed by atoms with Crippen LogP contribution in [0.25, 0.3) is 0 Å².